The molecule has 0 spiro atoms. The second kappa shape index (κ2) is 11.5. The molecule has 1 aromatic rings. The Morgan fingerprint density at radius 2 is 1.85 bits per heavy atom. The first kappa shape index (κ1) is 23.7. The topological polar surface area (TPSA) is 62.8 Å². The van der Waals surface area contributed by atoms with Crippen molar-refractivity contribution in [3.8, 4) is 11.5 Å². The molecule has 2 fully saturated rings. The molecule has 0 saturated carbocycles. The predicted molar refractivity (Wildman–Crippen MR) is 113 cm³/mol. The van der Waals surface area contributed by atoms with Gasteiger partial charge in [0.25, 0.3) is 0 Å². The summed E-state index contributed by atoms with van der Waals surface area (Å²) in [5.41, 5.74) is 1.11. The Bertz CT molecular complexity index is 575. The first-order chi connectivity index (χ1) is 12.2. The summed E-state index contributed by atoms with van der Waals surface area (Å²) in [6.07, 6.45) is 4.34. The summed E-state index contributed by atoms with van der Waals surface area (Å²) in [7, 11) is 3.33. The van der Waals surface area contributed by atoms with E-state index in [4.69, 9.17) is 9.47 Å². The van der Waals surface area contributed by atoms with Crippen LogP contribution in [0.1, 0.15) is 25.7 Å². The number of piperidine rings is 1. The van der Waals surface area contributed by atoms with Crippen molar-refractivity contribution in [2.75, 3.05) is 45.3 Å². The van der Waals surface area contributed by atoms with Crippen molar-refractivity contribution in [1.29, 1.82) is 0 Å². The highest BCUT2D eigenvalue weighted by molar-refractivity contribution is 5.85. The Morgan fingerprint density at radius 1 is 1.15 bits per heavy atom. The molecule has 8 heteroatoms. The molecule has 2 aliphatic heterocycles. The largest absolute Gasteiger partial charge is 0.497 e. The van der Waals surface area contributed by atoms with Crippen LogP contribution in [-0.2, 0) is 4.79 Å². The molecule has 27 heavy (non-hydrogen) atoms. The normalized spacial score (nSPS) is 21.6. The van der Waals surface area contributed by atoms with Gasteiger partial charge in [-0.25, -0.2) is 0 Å². The quantitative estimate of drug-likeness (QED) is 0.741. The molecule has 1 amide bonds. The van der Waals surface area contributed by atoms with Crippen LogP contribution in [0.3, 0.4) is 0 Å². The lowest BCUT2D eigenvalue weighted by atomic mass is 10.0. The number of ether oxygens (including phenoxy) is 2. The van der Waals surface area contributed by atoms with E-state index in [1.165, 1.54) is 6.42 Å². The lowest BCUT2D eigenvalue weighted by molar-refractivity contribution is -0.123. The first-order valence-electron chi connectivity index (χ1n) is 9.18. The van der Waals surface area contributed by atoms with E-state index in [-0.39, 0.29) is 36.8 Å². The number of methoxy groups -OCH3 is 2. The fourth-order valence-electron chi connectivity index (χ4n) is 3.65. The summed E-state index contributed by atoms with van der Waals surface area (Å²) >= 11 is 0. The molecule has 2 saturated heterocycles. The van der Waals surface area contributed by atoms with Crippen LogP contribution >= 0.6 is 24.8 Å². The van der Waals surface area contributed by atoms with E-state index in [1.807, 2.05) is 18.2 Å². The van der Waals surface area contributed by atoms with Crippen LogP contribution in [0, 0.1) is 5.92 Å². The van der Waals surface area contributed by atoms with Crippen LogP contribution in [0.2, 0.25) is 0 Å². The molecule has 2 heterocycles. The van der Waals surface area contributed by atoms with Crippen LogP contribution < -0.4 is 25.0 Å². The predicted octanol–water partition coefficient (Wildman–Crippen LogP) is 2.63. The minimum Gasteiger partial charge on any atom is -0.497 e. The third kappa shape index (κ3) is 6.33. The maximum Gasteiger partial charge on any atom is 0.237 e. The van der Waals surface area contributed by atoms with Gasteiger partial charge in [-0.15, -0.1) is 24.8 Å². The minimum absolute atomic E-state index is 0. The van der Waals surface area contributed by atoms with Gasteiger partial charge in [-0.3, -0.25) is 4.79 Å². The Kier molecular flexibility index (Phi) is 10.1. The minimum atomic E-state index is -0.00565. The van der Waals surface area contributed by atoms with Gasteiger partial charge in [-0.05, 0) is 31.7 Å². The lowest BCUT2D eigenvalue weighted by Crippen LogP contribution is -2.47. The molecule has 0 aromatic heterocycles. The van der Waals surface area contributed by atoms with Gasteiger partial charge in [-0.1, -0.05) is 6.42 Å². The number of anilines is 1. The summed E-state index contributed by atoms with van der Waals surface area (Å²) in [4.78, 5) is 14.6. The molecular weight excluding hydrogens is 389 g/mol. The molecule has 2 atom stereocenters. The second-order valence-electron chi connectivity index (χ2n) is 6.92. The van der Waals surface area contributed by atoms with E-state index in [9.17, 15) is 4.79 Å². The van der Waals surface area contributed by atoms with E-state index in [0.717, 1.165) is 62.6 Å². The van der Waals surface area contributed by atoms with Gasteiger partial charge in [0, 0.05) is 43.5 Å². The van der Waals surface area contributed by atoms with Crippen molar-refractivity contribution in [2.24, 2.45) is 5.92 Å². The third-order valence-corrected chi connectivity index (χ3v) is 5.18. The van der Waals surface area contributed by atoms with Gasteiger partial charge in [0.05, 0.1) is 20.3 Å². The Balaban J connectivity index is 0.00000182. The fraction of sp³-hybridized carbons (Fsp3) is 0.632. The molecule has 2 N–H and O–H groups in total. The second-order valence-corrected chi connectivity index (χ2v) is 6.92. The number of benzene rings is 1. The standard InChI is InChI=1S/C19H29N3O3.2ClH/c1-24-16-9-15(10-17(11-16)25-2)22-8-6-14(13-22)12-21-19(23)18-5-3-4-7-20-18;;/h9-11,14,18,20H,3-8,12-13H2,1-2H3,(H,21,23);2*1H/t14?,18-;;/m1../s1. The van der Waals surface area contributed by atoms with E-state index >= 15 is 0 Å². The number of hydrogen-bond donors (Lipinski definition) is 2. The van der Waals surface area contributed by atoms with Crippen molar-refractivity contribution in [3.05, 3.63) is 18.2 Å². The summed E-state index contributed by atoms with van der Waals surface area (Å²) < 4.78 is 10.7. The van der Waals surface area contributed by atoms with Gasteiger partial charge in [0.15, 0.2) is 0 Å². The number of amides is 1. The summed E-state index contributed by atoms with van der Waals surface area (Å²) in [5.74, 6) is 2.23. The van der Waals surface area contributed by atoms with Crippen LogP contribution in [0.4, 0.5) is 5.69 Å². The number of carbonyl (C=O) groups is 1. The summed E-state index contributed by atoms with van der Waals surface area (Å²) in [5, 5.41) is 6.44. The molecule has 2 aliphatic rings. The van der Waals surface area contributed by atoms with Crippen molar-refractivity contribution in [1.82, 2.24) is 10.6 Å². The SMILES string of the molecule is COc1cc(OC)cc(N2CCC(CNC(=O)[C@H]3CCCCN3)C2)c1.Cl.Cl. The van der Waals surface area contributed by atoms with Crippen molar-refractivity contribution < 1.29 is 14.3 Å². The number of nitrogens with zero attached hydrogens (tertiary/aromatic N) is 1. The molecular formula is C19H31Cl2N3O3. The summed E-state index contributed by atoms with van der Waals surface area (Å²) in [6.45, 7) is 3.62. The molecule has 1 aromatic carbocycles. The zero-order valence-corrected chi connectivity index (χ0v) is 17.7. The van der Waals surface area contributed by atoms with E-state index < -0.39 is 0 Å². The Labute approximate surface area is 174 Å². The molecule has 0 bridgehead atoms. The maximum absolute atomic E-state index is 12.3. The average Bonchev–Trinajstić information content (AvgIpc) is 3.15. The number of rotatable bonds is 6. The first-order valence-corrected chi connectivity index (χ1v) is 9.18. The highest BCUT2D eigenvalue weighted by Crippen LogP contribution is 2.31. The van der Waals surface area contributed by atoms with E-state index in [0.29, 0.717) is 5.92 Å². The van der Waals surface area contributed by atoms with Crippen molar-refractivity contribution in [2.45, 2.75) is 31.7 Å². The van der Waals surface area contributed by atoms with E-state index in [2.05, 4.69) is 15.5 Å². The van der Waals surface area contributed by atoms with Gasteiger partial charge >= 0.3 is 0 Å². The smallest absolute Gasteiger partial charge is 0.237 e. The maximum atomic E-state index is 12.3. The third-order valence-electron chi connectivity index (χ3n) is 5.18. The highest BCUT2D eigenvalue weighted by Gasteiger charge is 2.26. The molecule has 154 valence electrons. The molecule has 6 nitrogen and oxygen atoms in total. The van der Waals surface area contributed by atoms with Crippen LogP contribution in [0.25, 0.3) is 0 Å². The highest BCUT2D eigenvalue weighted by atomic mass is 35.5. The number of halogens is 2. The Morgan fingerprint density at radius 3 is 2.44 bits per heavy atom. The van der Waals surface area contributed by atoms with Gasteiger partial charge < -0.3 is 25.0 Å². The van der Waals surface area contributed by atoms with Crippen LogP contribution in [0.5, 0.6) is 11.5 Å². The van der Waals surface area contributed by atoms with Crippen LogP contribution in [-0.4, -0.2) is 52.3 Å². The van der Waals surface area contributed by atoms with Gasteiger partial charge in [-0.2, -0.15) is 0 Å². The molecule has 0 aliphatic carbocycles. The number of nitrogens with one attached hydrogen (secondary N) is 2. The van der Waals surface area contributed by atoms with Crippen LogP contribution in [0.15, 0.2) is 18.2 Å². The van der Waals surface area contributed by atoms with Gasteiger partial charge in [0.2, 0.25) is 5.91 Å². The van der Waals surface area contributed by atoms with E-state index in [1.54, 1.807) is 14.2 Å². The summed E-state index contributed by atoms with van der Waals surface area (Å²) in [6, 6.07) is 5.95. The molecule has 3 rings (SSSR count). The zero-order chi connectivity index (χ0) is 17.6. The molecule has 1 unspecified atom stereocenters. The van der Waals surface area contributed by atoms with Crippen molar-refractivity contribution >= 4 is 36.4 Å². The van der Waals surface area contributed by atoms with Crippen molar-refractivity contribution in [3.63, 3.8) is 0 Å². The Hall–Kier alpha value is -1.37. The number of carbonyl (C=O) groups excluding carboxylic acids is 1. The van der Waals surface area contributed by atoms with Gasteiger partial charge in [0.1, 0.15) is 11.5 Å². The zero-order valence-electron chi connectivity index (χ0n) is 16.0. The number of hydrogen-bond acceptors (Lipinski definition) is 5. The molecule has 0 radical (unpaired) electrons. The monoisotopic (exact) mass is 419 g/mol. The lowest BCUT2D eigenvalue weighted by Gasteiger charge is -2.23. The average molecular weight is 420 g/mol. The fourth-order valence-corrected chi connectivity index (χ4v) is 3.65.